The summed E-state index contributed by atoms with van der Waals surface area (Å²) in [6, 6.07) is 0. The van der Waals surface area contributed by atoms with Crippen LogP contribution in [-0.2, 0) is 0 Å². The summed E-state index contributed by atoms with van der Waals surface area (Å²) in [5.74, 6) is 0. The summed E-state index contributed by atoms with van der Waals surface area (Å²) in [6.45, 7) is -0.703. The van der Waals surface area contributed by atoms with Crippen LogP contribution in [0.3, 0.4) is 0 Å². The predicted octanol–water partition coefficient (Wildman–Crippen LogP) is -3.66. The Kier molecular flexibility index (Phi) is 4.50. The molecule has 0 aliphatic carbocycles. The van der Waals surface area contributed by atoms with Gasteiger partial charge in [0.05, 0.1) is 6.61 Å². The zero-order valence-corrected chi connectivity index (χ0v) is 5.83. The number of hydrogen-bond acceptors (Lipinski definition) is 6. The normalized spacial score (nSPS) is 22.4. The number of aliphatic hydroxyl groups excluding tert-OH is 5. The summed E-state index contributed by atoms with van der Waals surface area (Å²) in [4.78, 5) is 0. The molecule has 6 nitrogen and oxygen atoms in total. The van der Waals surface area contributed by atoms with Crippen LogP contribution in [-0.4, -0.2) is 56.7 Å². The van der Waals surface area contributed by atoms with Gasteiger partial charge in [-0.1, -0.05) is 0 Å². The van der Waals surface area contributed by atoms with Crippen LogP contribution in [0.25, 0.3) is 0 Å². The minimum atomic E-state index is -1.66. The summed E-state index contributed by atoms with van der Waals surface area (Å²) in [5.41, 5.74) is 4.78. The second kappa shape index (κ2) is 4.60. The summed E-state index contributed by atoms with van der Waals surface area (Å²) in [6.07, 6.45) is -6.42. The van der Waals surface area contributed by atoms with E-state index in [9.17, 15) is 0 Å². The van der Waals surface area contributed by atoms with Crippen molar-refractivity contribution in [1.82, 2.24) is 0 Å². The van der Waals surface area contributed by atoms with E-state index in [4.69, 9.17) is 31.3 Å². The van der Waals surface area contributed by atoms with Crippen LogP contribution in [0.15, 0.2) is 0 Å². The molecule has 0 heterocycles. The molecule has 0 fully saturated rings. The zero-order valence-electron chi connectivity index (χ0n) is 5.83. The van der Waals surface area contributed by atoms with Gasteiger partial charge in [-0.3, -0.25) is 0 Å². The van der Waals surface area contributed by atoms with Crippen LogP contribution < -0.4 is 5.73 Å². The summed E-state index contributed by atoms with van der Waals surface area (Å²) >= 11 is 0. The van der Waals surface area contributed by atoms with Crippen molar-refractivity contribution in [2.75, 3.05) is 6.61 Å². The fourth-order valence-corrected chi connectivity index (χ4v) is 0.538. The highest BCUT2D eigenvalue weighted by molar-refractivity contribution is 4.77. The molecule has 0 spiro atoms. The number of hydrogen-bond donors (Lipinski definition) is 6. The highest BCUT2D eigenvalue weighted by Crippen LogP contribution is 2.00. The Labute approximate surface area is 63.5 Å². The molecule has 0 rings (SSSR count). The molecule has 6 heteroatoms. The first-order valence-electron chi connectivity index (χ1n) is 3.09. The maximum absolute atomic E-state index is 8.86. The van der Waals surface area contributed by atoms with Crippen LogP contribution in [0.1, 0.15) is 0 Å². The van der Waals surface area contributed by atoms with Gasteiger partial charge in [-0.25, -0.2) is 0 Å². The Hall–Kier alpha value is -0.240. The second-order valence-corrected chi connectivity index (χ2v) is 2.22. The molecule has 0 radical (unpaired) electrons. The monoisotopic (exact) mass is 167 g/mol. The highest BCUT2D eigenvalue weighted by Gasteiger charge is 2.27. The molecular weight excluding hydrogens is 154 g/mol. The van der Waals surface area contributed by atoms with E-state index in [1.165, 1.54) is 0 Å². The Balaban J connectivity index is 3.90. The molecule has 0 aliphatic rings. The SMILES string of the molecule is NC(O)[C@@H](O)[C@H](O)[C@H](O)CO. The lowest BCUT2D eigenvalue weighted by Crippen LogP contribution is -2.49. The molecule has 0 aromatic rings. The zero-order chi connectivity index (χ0) is 9.02. The van der Waals surface area contributed by atoms with Crippen molar-refractivity contribution < 1.29 is 25.5 Å². The smallest absolute Gasteiger partial charge is 0.131 e. The van der Waals surface area contributed by atoms with Gasteiger partial charge < -0.3 is 31.3 Å². The highest BCUT2D eigenvalue weighted by atomic mass is 16.4. The third-order valence-electron chi connectivity index (χ3n) is 1.28. The van der Waals surface area contributed by atoms with Crippen LogP contribution >= 0.6 is 0 Å². The van der Waals surface area contributed by atoms with Crippen molar-refractivity contribution in [2.24, 2.45) is 5.73 Å². The Morgan fingerprint density at radius 3 is 1.73 bits per heavy atom. The van der Waals surface area contributed by atoms with Crippen molar-refractivity contribution in [3.63, 3.8) is 0 Å². The average molecular weight is 167 g/mol. The fraction of sp³-hybridized carbons (Fsp3) is 1.00. The minimum absolute atomic E-state index is 0.703. The van der Waals surface area contributed by atoms with Crippen molar-refractivity contribution in [3.8, 4) is 0 Å². The van der Waals surface area contributed by atoms with Crippen LogP contribution in [0.5, 0.6) is 0 Å². The standard InChI is InChI=1S/C5H13NO5/c6-5(11)4(10)3(9)2(8)1-7/h2-5,7-11H,1,6H2/t2-,3-,4+,5?/m1/s1. The lowest BCUT2D eigenvalue weighted by atomic mass is 10.1. The molecule has 0 saturated carbocycles. The van der Waals surface area contributed by atoms with E-state index in [0.29, 0.717) is 0 Å². The van der Waals surface area contributed by atoms with Crippen molar-refractivity contribution in [1.29, 1.82) is 0 Å². The molecule has 68 valence electrons. The van der Waals surface area contributed by atoms with Gasteiger partial charge in [-0.2, -0.15) is 0 Å². The van der Waals surface area contributed by atoms with E-state index in [1.807, 2.05) is 0 Å². The maximum atomic E-state index is 8.86. The number of rotatable bonds is 4. The average Bonchev–Trinajstić information content (AvgIpc) is 2.00. The van der Waals surface area contributed by atoms with E-state index in [-0.39, 0.29) is 0 Å². The molecule has 0 amide bonds. The van der Waals surface area contributed by atoms with Gasteiger partial charge in [0.2, 0.25) is 0 Å². The van der Waals surface area contributed by atoms with E-state index in [1.54, 1.807) is 0 Å². The summed E-state index contributed by atoms with van der Waals surface area (Å²) in [7, 11) is 0. The Morgan fingerprint density at radius 2 is 1.45 bits per heavy atom. The van der Waals surface area contributed by atoms with Crippen molar-refractivity contribution in [3.05, 3.63) is 0 Å². The van der Waals surface area contributed by atoms with Gasteiger partial charge in [0.25, 0.3) is 0 Å². The Bertz CT molecular complexity index is 109. The minimum Gasteiger partial charge on any atom is -0.394 e. The lowest BCUT2D eigenvalue weighted by molar-refractivity contribution is -0.113. The van der Waals surface area contributed by atoms with Crippen LogP contribution in [0.2, 0.25) is 0 Å². The predicted molar refractivity (Wildman–Crippen MR) is 35.3 cm³/mol. The van der Waals surface area contributed by atoms with Crippen molar-refractivity contribution in [2.45, 2.75) is 24.5 Å². The molecule has 11 heavy (non-hydrogen) atoms. The van der Waals surface area contributed by atoms with E-state index >= 15 is 0 Å². The van der Waals surface area contributed by atoms with Crippen LogP contribution in [0.4, 0.5) is 0 Å². The summed E-state index contributed by atoms with van der Waals surface area (Å²) < 4.78 is 0. The number of nitrogens with two attached hydrogens (primary N) is 1. The molecule has 1 unspecified atom stereocenters. The van der Waals surface area contributed by atoms with Crippen molar-refractivity contribution >= 4 is 0 Å². The first-order chi connectivity index (χ1) is 5.00. The van der Waals surface area contributed by atoms with E-state index < -0.39 is 31.1 Å². The van der Waals surface area contributed by atoms with Gasteiger partial charge in [0.1, 0.15) is 24.5 Å². The largest absolute Gasteiger partial charge is 0.394 e. The van der Waals surface area contributed by atoms with Gasteiger partial charge >= 0.3 is 0 Å². The topological polar surface area (TPSA) is 127 Å². The fourth-order valence-electron chi connectivity index (χ4n) is 0.538. The number of aliphatic hydroxyl groups is 5. The van der Waals surface area contributed by atoms with E-state index in [0.717, 1.165) is 0 Å². The molecule has 0 aromatic heterocycles. The maximum Gasteiger partial charge on any atom is 0.131 e. The van der Waals surface area contributed by atoms with Crippen LogP contribution in [0, 0.1) is 0 Å². The van der Waals surface area contributed by atoms with Gasteiger partial charge in [-0.15, -0.1) is 0 Å². The van der Waals surface area contributed by atoms with Gasteiger partial charge in [-0.05, 0) is 0 Å². The third kappa shape index (κ3) is 3.10. The molecule has 7 N–H and O–H groups in total. The quantitative estimate of drug-likeness (QED) is 0.239. The second-order valence-electron chi connectivity index (χ2n) is 2.22. The molecule has 4 atom stereocenters. The third-order valence-corrected chi connectivity index (χ3v) is 1.28. The molecular formula is C5H13NO5. The molecule has 0 saturated heterocycles. The molecule has 0 aromatic carbocycles. The van der Waals surface area contributed by atoms with Gasteiger partial charge in [0.15, 0.2) is 0 Å². The van der Waals surface area contributed by atoms with E-state index in [2.05, 4.69) is 0 Å². The first kappa shape index (κ1) is 10.8. The Morgan fingerprint density at radius 1 is 1.00 bits per heavy atom. The molecule has 0 aliphatic heterocycles. The van der Waals surface area contributed by atoms with Gasteiger partial charge in [0, 0.05) is 0 Å². The first-order valence-corrected chi connectivity index (χ1v) is 3.09. The summed E-state index contributed by atoms with van der Waals surface area (Å²) in [5, 5.41) is 43.2. The molecule has 0 bridgehead atoms. The lowest BCUT2D eigenvalue weighted by Gasteiger charge is -2.22.